The van der Waals surface area contributed by atoms with Gasteiger partial charge in [-0.3, -0.25) is 0 Å². The minimum absolute atomic E-state index is 0.0732. The van der Waals surface area contributed by atoms with Crippen LogP contribution in [0.5, 0.6) is 0 Å². The van der Waals surface area contributed by atoms with Crippen LogP contribution in [-0.4, -0.2) is 17.6 Å². The smallest absolute Gasteiger partial charge is 0.419 e. The van der Waals surface area contributed by atoms with E-state index in [-0.39, 0.29) is 6.61 Å². The molecule has 0 aromatic carbocycles. The number of alkyl halides is 3. The van der Waals surface area contributed by atoms with Gasteiger partial charge in [0.2, 0.25) is 0 Å². The predicted octanol–water partition coefficient (Wildman–Crippen LogP) is 2.42. The summed E-state index contributed by atoms with van der Waals surface area (Å²) in [4.78, 5) is 14.3. The fourth-order valence-corrected chi connectivity index (χ4v) is 1.00. The first kappa shape index (κ1) is 12.4. The molecule has 0 spiro atoms. The van der Waals surface area contributed by atoms with E-state index >= 15 is 0 Å². The zero-order valence-corrected chi connectivity index (χ0v) is 8.14. The van der Waals surface area contributed by atoms with Crippen LogP contribution in [0, 0.1) is 5.82 Å². The van der Waals surface area contributed by atoms with Crippen LogP contribution in [0.4, 0.5) is 17.6 Å². The van der Waals surface area contributed by atoms with Gasteiger partial charge in [-0.05, 0) is 13.0 Å². The molecule has 0 N–H and O–H groups in total. The Balaban J connectivity index is 3.19. The van der Waals surface area contributed by atoms with E-state index in [2.05, 4.69) is 9.72 Å². The quantitative estimate of drug-likeness (QED) is 0.585. The average molecular weight is 237 g/mol. The molecule has 7 heteroatoms. The molecule has 88 valence electrons. The van der Waals surface area contributed by atoms with Crippen LogP contribution in [0.15, 0.2) is 12.3 Å². The second-order valence-corrected chi connectivity index (χ2v) is 2.74. The molecule has 0 fully saturated rings. The Bertz CT molecular complexity index is 403. The predicted molar refractivity (Wildman–Crippen MR) is 45.2 cm³/mol. The standard InChI is InChI=1S/C9H7F4NO2/c1-2-16-8(15)7-6(10)5(3-4-14-7)9(11,12)13/h3-4H,2H2,1H3. The molecule has 1 rings (SSSR count). The number of esters is 1. The summed E-state index contributed by atoms with van der Waals surface area (Å²) in [6.07, 6.45) is -4.16. The second kappa shape index (κ2) is 4.46. The highest BCUT2D eigenvalue weighted by atomic mass is 19.4. The van der Waals surface area contributed by atoms with E-state index in [9.17, 15) is 22.4 Å². The van der Waals surface area contributed by atoms with Gasteiger partial charge in [-0.15, -0.1) is 0 Å². The van der Waals surface area contributed by atoms with Gasteiger partial charge in [0.25, 0.3) is 0 Å². The molecule has 0 aliphatic rings. The molecule has 0 amide bonds. The third-order valence-electron chi connectivity index (χ3n) is 1.66. The number of ether oxygens (including phenoxy) is 1. The van der Waals surface area contributed by atoms with Crippen LogP contribution in [0.1, 0.15) is 23.0 Å². The van der Waals surface area contributed by atoms with Gasteiger partial charge >= 0.3 is 12.1 Å². The Morgan fingerprint density at radius 1 is 1.50 bits per heavy atom. The Morgan fingerprint density at radius 2 is 2.12 bits per heavy atom. The van der Waals surface area contributed by atoms with E-state index in [1.807, 2.05) is 0 Å². The maximum atomic E-state index is 13.3. The Morgan fingerprint density at radius 3 is 2.62 bits per heavy atom. The normalized spacial score (nSPS) is 11.3. The van der Waals surface area contributed by atoms with Crippen molar-refractivity contribution >= 4 is 5.97 Å². The van der Waals surface area contributed by atoms with Gasteiger partial charge in [-0.1, -0.05) is 0 Å². The van der Waals surface area contributed by atoms with Gasteiger partial charge in [0.1, 0.15) is 0 Å². The van der Waals surface area contributed by atoms with Crippen LogP contribution in [0.3, 0.4) is 0 Å². The molecule has 0 radical (unpaired) electrons. The molecule has 16 heavy (non-hydrogen) atoms. The van der Waals surface area contributed by atoms with Gasteiger partial charge in [-0.2, -0.15) is 13.2 Å². The molecule has 3 nitrogen and oxygen atoms in total. The SMILES string of the molecule is CCOC(=O)c1nccc(C(F)(F)F)c1F. The summed E-state index contributed by atoms with van der Waals surface area (Å²) >= 11 is 0. The highest BCUT2D eigenvalue weighted by Gasteiger charge is 2.36. The highest BCUT2D eigenvalue weighted by molar-refractivity contribution is 5.87. The van der Waals surface area contributed by atoms with E-state index in [0.717, 1.165) is 0 Å². The van der Waals surface area contributed by atoms with Crippen molar-refractivity contribution in [1.82, 2.24) is 4.98 Å². The third kappa shape index (κ3) is 2.47. The molecule has 0 saturated heterocycles. The lowest BCUT2D eigenvalue weighted by atomic mass is 10.2. The summed E-state index contributed by atoms with van der Waals surface area (Å²) in [6, 6.07) is 0.456. The Kier molecular flexibility index (Phi) is 3.46. The van der Waals surface area contributed by atoms with Crippen LogP contribution >= 0.6 is 0 Å². The summed E-state index contributed by atoms with van der Waals surface area (Å²) in [5.74, 6) is -2.93. The molecule has 1 aromatic heterocycles. The van der Waals surface area contributed by atoms with Crippen LogP contribution in [0.2, 0.25) is 0 Å². The number of carbonyl (C=O) groups excluding carboxylic acids is 1. The zero-order chi connectivity index (χ0) is 12.3. The first-order valence-corrected chi connectivity index (χ1v) is 4.26. The molecule has 0 aliphatic carbocycles. The lowest BCUT2D eigenvalue weighted by molar-refractivity contribution is -0.140. The minimum Gasteiger partial charge on any atom is -0.461 e. The maximum Gasteiger partial charge on any atom is 0.419 e. The highest BCUT2D eigenvalue weighted by Crippen LogP contribution is 2.31. The van der Waals surface area contributed by atoms with Crippen molar-refractivity contribution in [3.63, 3.8) is 0 Å². The average Bonchev–Trinajstić information content (AvgIpc) is 2.16. The summed E-state index contributed by atoms with van der Waals surface area (Å²) in [5, 5.41) is 0. The molecule has 0 unspecified atom stereocenters. The number of hydrogen-bond acceptors (Lipinski definition) is 3. The number of nitrogens with zero attached hydrogens (tertiary/aromatic N) is 1. The zero-order valence-electron chi connectivity index (χ0n) is 8.14. The van der Waals surface area contributed by atoms with Gasteiger partial charge in [-0.25, -0.2) is 14.2 Å². The fraction of sp³-hybridized carbons (Fsp3) is 0.333. The number of rotatable bonds is 2. The lowest BCUT2D eigenvalue weighted by Crippen LogP contribution is -2.15. The van der Waals surface area contributed by atoms with Crippen molar-refractivity contribution in [1.29, 1.82) is 0 Å². The number of carbonyl (C=O) groups is 1. The maximum absolute atomic E-state index is 13.3. The van der Waals surface area contributed by atoms with Crippen molar-refractivity contribution in [3.05, 3.63) is 29.3 Å². The van der Waals surface area contributed by atoms with E-state index in [0.29, 0.717) is 12.3 Å². The first-order valence-electron chi connectivity index (χ1n) is 4.26. The number of aromatic nitrogens is 1. The lowest BCUT2D eigenvalue weighted by Gasteiger charge is -2.09. The monoisotopic (exact) mass is 237 g/mol. The molecular weight excluding hydrogens is 230 g/mol. The third-order valence-corrected chi connectivity index (χ3v) is 1.66. The number of pyridine rings is 1. The molecule has 0 atom stereocenters. The van der Waals surface area contributed by atoms with Crippen molar-refractivity contribution in [2.24, 2.45) is 0 Å². The molecule has 0 saturated carbocycles. The van der Waals surface area contributed by atoms with E-state index < -0.39 is 29.2 Å². The molecule has 0 aliphatic heterocycles. The van der Waals surface area contributed by atoms with Crippen LogP contribution < -0.4 is 0 Å². The van der Waals surface area contributed by atoms with Crippen molar-refractivity contribution in [2.45, 2.75) is 13.1 Å². The van der Waals surface area contributed by atoms with Crippen LogP contribution in [-0.2, 0) is 10.9 Å². The number of halogens is 4. The topological polar surface area (TPSA) is 39.2 Å². The first-order chi connectivity index (χ1) is 7.38. The summed E-state index contributed by atoms with van der Waals surface area (Å²) in [7, 11) is 0. The summed E-state index contributed by atoms with van der Waals surface area (Å²) in [6.45, 7) is 1.37. The van der Waals surface area contributed by atoms with Crippen molar-refractivity contribution in [2.75, 3.05) is 6.61 Å². The second-order valence-electron chi connectivity index (χ2n) is 2.74. The molecule has 1 heterocycles. The van der Waals surface area contributed by atoms with Crippen molar-refractivity contribution in [3.8, 4) is 0 Å². The van der Waals surface area contributed by atoms with E-state index in [1.54, 1.807) is 0 Å². The summed E-state index contributed by atoms with van der Waals surface area (Å²) in [5.41, 5.74) is -2.50. The molecule has 1 aromatic rings. The minimum atomic E-state index is -4.87. The number of hydrogen-bond donors (Lipinski definition) is 0. The Labute approximate surface area is 88.0 Å². The molecule has 0 bridgehead atoms. The van der Waals surface area contributed by atoms with Gasteiger partial charge < -0.3 is 4.74 Å². The van der Waals surface area contributed by atoms with E-state index in [1.165, 1.54) is 6.92 Å². The van der Waals surface area contributed by atoms with Gasteiger partial charge in [0.05, 0.1) is 12.2 Å². The van der Waals surface area contributed by atoms with E-state index in [4.69, 9.17) is 0 Å². The van der Waals surface area contributed by atoms with Gasteiger partial charge in [0.15, 0.2) is 11.5 Å². The van der Waals surface area contributed by atoms with Crippen molar-refractivity contribution < 1.29 is 27.1 Å². The van der Waals surface area contributed by atoms with Gasteiger partial charge in [0, 0.05) is 6.20 Å². The summed E-state index contributed by atoms with van der Waals surface area (Å²) < 4.78 is 54.4. The fourth-order valence-electron chi connectivity index (χ4n) is 1.00. The van der Waals surface area contributed by atoms with Crippen LogP contribution in [0.25, 0.3) is 0 Å². The largest absolute Gasteiger partial charge is 0.461 e. The Hall–Kier alpha value is -1.66. The molecular formula is C9H7F4NO2.